The minimum absolute atomic E-state index is 0.0266. The Kier molecular flexibility index (Phi) is 4.59. The Labute approximate surface area is 114 Å². The summed E-state index contributed by atoms with van der Waals surface area (Å²) >= 11 is 5.11. The summed E-state index contributed by atoms with van der Waals surface area (Å²) in [5.74, 6) is 0.147. The molecule has 2 rings (SSSR count). The van der Waals surface area contributed by atoms with E-state index in [1.54, 1.807) is 11.3 Å². The second kappa shape index (κ2) is 5.98. The van der Waals surface area contributed by atoms with E-state index in [1.165, 1.54) is 0 Å². The molecule has 1 fully saturated rings. The van der Waals surface area contributed by atoms with Gasteiger partial charge in [-0.3, -0.25) is 4.79 Å². The van der Waals surface area contributed by atoms with Crippen LogP contribution in [-0.2, 0) is 16.1 Å². The average molecular weight is 318 g/mol. The highest BCUT2D eigenvalue weighted by atomic mass is 79.9. The van der Waals surface area contributed by atoms with Crippen LogP contribution in [0.4, 0.5) is 0 Å². The average Bonchev–Trinajstić information content (AvgIpc) is 2.94. The van der Waals surface area contributed by atoms with Gasteiger partial charge in [0, 0.05) is 16.0 Å². The number of ether oxygens (including phenoxy) is 1. The maximum Gasteiger partial charge on any atom is 0.226 e. The standard InChI is InChI=1S/C12H16BrNO2S/c1-2-10-8(3-5-16-10)12(15)14-7-11-9(13)4-6-17-11/h4,6,8,10H,2-3,5,7H2,1H3,(H,14,15). The van der Waals surface area contributed by atoms with E-state index >= 15 is 0 Å². The smallest absolute Gasteiger partial charge is 0.226 e. The van der Waals surface area contributed by atoms with Crippen LogP contribution in [0.25, 0.3) is 0 Å². The Morgan fingerprint density at radius 2 is 2.53 bits per heavy atom. The van der Waals surface area contributed by atoms with Gasteiger partial charge >= 0.3 is 0 Å². The molecule has 1 aromatic heterocycles. The zero-order chi connectivity index (χ0) is 12.3. The third-order valence-corrected chi connectivity index (χ3v) is 4.99. The normalized spacial score (nSPS) is 23.9. The molecule has 5 heteroatoms. The molecule has 1 saturated heterocycles. The second-order valence-corrected chi connectivity index (χ2v) is 5.98. The van der Waals surface area contributed by atoms with Gasteiger partial charge in [0.05, 0.1) is 18.6 Å². The molecule has 3 nitrogen and oxygen atoms in total. The van der Waals surface area contributed by atoms with Gasteiger partial charge < -0.3 is 10.1 Å². The van der Waals surface area contributed by atoms with Crippen LogP contribution in [0.15, 0.2) is 15.9 Å². The zero-order valence-electron chi connectivity index (χ0n) is 9.74. The molecular weight excluding hydrogens is 302 g/mol. The molecule has 0 radical (unpaired) electrons. The van der Waals surface area contributed by atoms with Gasteiger partial charge in [-0.25, -0.2) is 0 Å². The number of hydrogen-bond acceptors (Lipinski definition) is 3. The molecule has 1 N–H and O–H groups in total. The Balaban J connectivity index is 1.87. The summed E-state index contributed by atoms with van der Waals surface area (Å²) in [5.41, 5.74) is 0. The quantitative estimate of drug-likeness (QED) is 0.927. The molecule has 2 unspecified atom stereocenters. The minimum Gasteiger partial charge on any atom is -0.377 e. The van der Waals surface area contributed by atoms with Crippen molar-refractivity contribution >= 4 is 33.2 Å². The number of amides is 1. The highest BCUT2D eigenvalue weighted by Gasteiger charge is 2.32. The summed E-state index contributed by atoms with van der Waals surface area (Å²) < 4.78 is 6.60. The third-order valence-electron chi connectivity index (χ3n) is 3.06. The lowest BCUT2D eigenvalue weighted by Gasteiger charge is -2.16. The second-order valence-electron chi connectivity index (χ2n) is 4.12. The number of nitrogens with one attached hydrogen (secondary N) is 1. The monoisotopic (exact) mass is 317 g/mol. The van der Waals surface area contributed by atoms with Crippen LogP contribution in [0.3, 0.4) is 0 Å². The van der Waals surface area contributed by atoms with E-state index in [0.29, 0.717) is 13.2 Å². The van der Waals surface area contributed by atoms with Crippen molar-refractivity contribution in [1.29, 1.82) is 0 Å². The molecule has 94 valence electrons. The number of carbonyl (C=O) groups excluding carboxylic acids is 1. The molecule has 1 aliphatic rings. The number of hydrogen-bond donors (Lipinski definition) is 1. The number of halogens is 1. The van der Waals surface area contributed by atoms with Gasteiger partial charge in [-0.1, -0.05) is 6.92 Å². The first-order valence-electron chi connectivity index (χ1n) is 5.83. The van der Waals surface area contributed by atoms with E-state index in [-0.39, 0.29) is 17.9 Å². The first-order chi connectivity index (χ1) is 8.22. The maximum absolute atomic E-state index is 12.0. The highest BCUT2D eigenvalue weighted by Crippen LogP contribution is 2.25. The summed E-state index contributed by atoms with van der Waals surface area (Å²) in [6.07, 6.45) is 1.85. The summed E-state index contributed by atoms with van der Waals surface area (Å²) in [6, 6.07) is 2.00. The molecule has 1 amide bonds. The molecule has 0 saturated carbocycles. The van der Waals surface area contributed by atoms with E-state index in [9.17, 15) is 4.79 Å². The van der Waals surface area contributed by atoms with E-state index in [4.69, 9.17) is 4.74 Å². The predicted molar refractivity (Wildman–Crippen MR) is 72.0 cm³/mol. The van der Waals surface area contributed by atoms with Crippen molar-refractivity contribution in [3.63, 3.8) is 0 Å². The van der Waals surface area contributed by atoms with Crippen molar-refractivity contribution in [3.05, 3.63) is 20.8 Å². The van der Waals surface area contributed by atoms with Gasteiger partial charge in [0.15, 0.2) is 0 Å². The summed E-state index contributed by atoms with van der Waals surface area (Å²) in [5, 5.41) is 5.01. The Morgan fingerprint density at radius 1 is 1.71 bits per heavy atom. The molecule has 1 aliphatic heterocycles. The van der Waals surface area contributed by atoms with Gasteiger partial charge in [0.2, 0.25) is 5.91 Å². The zero-order valence-corrected chi connectivity index (χ0v) is 12.1. The maximum atomic E-state index is 12.0. The van der Waals surface area contributed by atoms with Crippen LogP contribution in [0.5, 0.6) is 0 Å². The summed E-state index contributed by atoms with van der Waals surface area (Å²) in [4.78, 5) is 13.2. The molecule has 1 aromatic rings. The van der Waals surface area contributed by atoms with Gasteiger partial charge in [0.25, 0.3) is 0 Å². The van der Waals surface area contributed by atoms with Crippen molar-refractivity contribution in [2.45, 2.75) is 32.4 Å². The first-order valence-corrected chi connectivity index (χ1v) is 7.50. The van der Waals surface area contributed by atoms with Gasteiger partial charge in [-0.05, 0) is 40.2 Å². The molecule has 0 bridgehead atoms. The summed E-state index contributed by atoms with van der Waals surface area (Å²) in [7, 11) is 0. The molecular formula is C12H16BrNO2S. The van der Waals surface area contributed by atoms with Crippen molar-refractivity contribution < 1.29 is 9.53 Å². The number of thiophene rings is 1. The van der Waals surface area contributed by atoms with E-state index < -0.39 is 0 Å². The SMILES string of the molecule is CCC1OCCC1C(=O)NCc1sccc1Br. The lowest BCUT2D eigenvalue weighted by Crippen LogP contribution is -2.34. The van der Waals surface area contributed by atoms with E-state index in [2.05, 4.69) is 28.2 Å². The van der Waals surface area contributed by atoms with Crippen LogP contribution in [0.2, 0.25) is 0 Å². The van der Waals surface area contributed by atoms with Crippen molar-refractivity contribution in [3.8, 4) is 0 Å². The number of rotatable bonds is 4. The van der Waals surface area contributed by atoms with Crippen LogP contribution >= 0.6 is 27.3 Å². The van der Waals surface area contributed by atoms with Crippen LogP contribution in [0.1, 0.15) is 24.6 Å². The number of carbonyl (C=O) groups is 1. The lowest BCUT2D eigenvalue weighted by molar-refractivity contribution is -0.126. The molecule has 0 spiro atoms. The summed E-state index contributed by atoms with van der Waals surface area (Å²) in [6.45, 7) is 3.37. The van der Waals surface area contributed by atoms with E-state index in [1.807, 2.05) is 11.4 Å². The Hall–Kier alpha value is -0.390. The van der Waals surface area contributed by atoms with Gasteiger partial charge in [-0.2, -0.15) is 0 Å². The molecule has 0 aliphatic carbocycles. The topological polar surface area (TPSA) is 38.3 Å². The van der Waals surface area contributed by atoms with E-state index in [0.717, 1.165) is 22.2 Å². The fourth-order valence-electron chi connectivity index (χ4n) is 2.10. The predicted octanol–water partition coefficient (Wildman–Crippen LogP) is 2.94. The van der Waals surface area contributed by atoms with Crippen molar-refractivity contribution in [2.24, 2.45) is 5.92 Å². The lowest BCUT2D eigenvalue weighted by atomic mass is 9.99. The molecule has 0 aromatic carbocycles. The molecule has 17 heavy (non-hydrogen) atoms. The van der Waals surface area contributed by atoms with Gasteiger partial charge in [-0.15, -0.1) is 11.3 Å². The van der Waals surface area contributed by atoms with Crippen LogP contribution in [0, 0.1) is 5.92 Å². The van der Waals surface area contributed by atoms with Crippen LogP contribution < -0.4 is 5.32 Å². The first kappa shape index (κ1) is 13.1. The third kappa shape index (κ3) is 3.09. The fourth-order valence-corrected chi connectivity index (χ4v) is 3.53. The molecule has 2 atom stereocenters. The Bertz CT molecular complexity index is 394. The fraction of sp³-hybridized carbons (Fsp3) is 0.583. The van der Waals surface area contributed by atoms with Crippen molar-refractivity contribution in [1.82, 2.24) is 5.32 Å². The van der Waals surface area contributed by atoms with Gasteiger partial charge in [0.1, 0.15) is 0 Å². The highest BCUT2D eigenvalue weighted by molar-refractivity contribution is 9.10. The minimum atomic E-state index is 0.0266. The molecule has 2 heterocycles. The largest absolute Gasteiger partial charge is 0.377 e. The van der Waals surface area contributed by atoms with Crippen LogP contribution in [-0.4, -0.2) is 18.6 Å². The van der Waals surface area contributed by atoms with Crippen molar-refractivity contribution in [2.75, 3.05) is 6.61 Å². The Morgan fingerprint density at radius 3 is 3.18 bits per heavy atom.